The average molecular weight is 486 g/mol. The molecule has 6 nitrogen and oxygen atoms in total. The van der Waals surface area contributed by atoms with Crippen LogP contribution in [0.3, 0.4) is 0 Å². The van der Waals surface area contributed by atoms with E-state index in [1.54, 1.807) is 0 Å². The first-order valence-corrected chi connectivity index (χ1v) is 9.37. The van der Waals surface area contributed by atoms with Crippen LogP contribution >= 0.6 is 34.2 Å². The highest BCUT2D eigenvalue weighted by Gasteiger charge is 2.34. The zero-order valence-electron chi connectivity index (χ0n) is 14.3. The van der Waals surface area contributed by atoms with Crippen molar-refractivity contribution < 1.29 is 14.3 Å². The van der Waals surface area contributed by atoms with Gasteiger partial charge in [0.2, 0.25) is 0 Å². The molecule has 1 aromatic heterocycles. The van der Waals surface area contributed by atoms with E-state index in [2.05, 4.69) is 32.3 Å². The Morgan fingerprint density at radius 1 is 1.46 bits per heavy atom. The Kier molecular flexibility index (Phi) is 5.50. The molecular formula is C18H17ClIN3O3. The molecule has 8 heteroatoms. The van der Waals surface area contributed by atoms with Crippen molar-refractivity contribution in [3.05, 3.63) is 49.3 Å². The lowest BCUT2D eigenvalue weighted by molar-refractivity contribution is -0.141. The van der Waals surface area contributed by atoms with Crippen molar-refractivity contribution in [3.63, 3.8) is 0 Å². The van der Waals surface area contributed by atoms with Crippen molar-refractivity contribution in [2.45, 2.75) is 20.0 Å². The second-order valence-electron chi connectivity index (χ2n) is 5.94. The topological polar surface area (TPSA) is 85.5 Å². The number of carbonyl (C=O) groups is 2. The van der Waals surface area contributed by atoms with E-state index in [0.29, 0.717) is 23.0 Å². The number of nitrogens with two attached hydrogens (primary N) is 1. The first-order valence-electron chi connectivity index (χ1n) is 7.91. The van der Waals surface area contributed by atoms with Gasteiger partial charge in [-0.15, -0.1) is 0 Å². The molecule has 0 saturated heterocycles. The van der Waals surface area contributed by atoms with E-state index in [9.17, 15) is 9.59 Å². The predicted molar refractivity (Wildman–Crippen MR) is 107 cm³/mol. The standard InChI is InChI=1S/C18H17ClIN3O3/c1-9-12(6-21)16(11-4-3-10(19)5-14(11)20)13-7-23(8-15(24)26-2)18(25)17(13)22-9/h3-5H,6-8,21H2,1-2H3. The molecule has 26 heavy (non-hydrogen) atoms. The van der Waals surface area contributed by atoms with E-state index in [-0.39, 0.29) is 19.0 Å². The third-order valence-corrected chi connectivity index (χ3v) is 5.52. The highest BCUT2D eigenvalue weighted by atomic mass is 127. The molecule has 1 aromatic carbocycles. The fourth-order valence-corrected chi connectivity index (χ4v) is 4.28. The van der Waals surface area contributed by atoms with Gasteiger partial charge in [-0.1, -0.05) is 17.7 Å². The van der Waals surface area contributed by atoms with E-state index < -0.39 is 5.97 Å². The van der Waals surface area contributed by atoms with Gasteiger partial charge in [0.25, 0.3) is 5.91 Å². The van der Waals surface area contributed by atoms with Gasteiger partial charge in [0, 0.05) is 32.9 Å². The van der Waals surface area contributed by atoms with Crippen LogP contribution in [0.1, 0.15) is 27.3 Å². The molecule has 136 valence electrons. The number of hydrogen-bond acceptors (Lipinski definition) is 5. The fourth-order valence-electron chi connectivity index (χ4n) is 3.14. The van der Waals surface area contributed by atoms with Gasteiger partial charge in [-0.05, 0) is 58.3 Å². The molecule has 2 N–H and O–H groups in total. The zero-order valence-corrected chi connectivity index (χ0v) is 17.2. The number of hydrogen-bond donors (Lipinski definition) is 1. The summed E-state index contributed by atoms with van der Waals surface area (Å²) in [6.07, 6.45) is 0. The van der Waals surface area contributed by atoms with Crippen LogP contribution in [0, 0.1) is 10.5 Å². The molecule has 0 fully saturated rings. The summed E-state index contributed by atoms with van der Waals surface area (Å²) in [6, 6.07) is 5.60. The number of aryl methyl sites for hydroxylation is 1. The number of esters is 1. The molecule has 0 unspecified atom stereocenters. The zero-order chi connectivity index (χ0) is 19.0. The van der Waals surface area contributed by atoms with Crippen molar-refractivity contribution >= 4 is 46.1 Å². The summed E-state index contributed by atoms with van der Waals surface area (Å²) in [6.45, 7) is 2.31. The van der Waals surface area contributed by atoms with Crippen molar-refractivity contribution in [3.8, 4) is 11.1 Å². The van der Waals surface area contributed by atoms with E-state index in [1.807, 2.05) is 25.1 Å². The SMILES string of the molecule is COC(=O)CN1Cc2c(nc(C)c(CN)c2-c2ccc(Cl)cc2I)C1=O. The number of ether oxygens (including phenoxy) is 1. The summed E-state index contributed by atoms with van der Waals surface area (Å²) >= 11 is 8.31. The van der Waals surface area contributed by atoms with Crippen molar-refractivity contribution in [1.82, 2.24) is 9.88 Å². The molecule has 0 saturated carbocycles. The van der Waals surface area contributed by atoms with Gasteiger partial charge in [0.1, 0.15) is 12.2 Å². The molecular weight excluding hydrogens is 469 g/mol. The monoisotopic (exact) mass is 485 g/mol. The minimum atomic E-state index is -0.468. The molecule has 1 aliphatic heterocycles. The number of amides is 1. The Labute approximate surface area is 169 Å². The fraction of sp³-hybridized carbons (Fsp3) is 0.278. The number of pyridine rings is 1. The van der Waals surface area contributed by atoms with Crippen LogP contribution in [0.4, 0.5) is 0 Å². The number of benzene rings is 1. The highest BCUT2D eigenvalue weighted by Crippen LogP contribution is 2.38. The molecule has 0 atom stereocenters. The molecule has 3 rings (SSSR count). The van der Waals surface area contributed by atoms with E-state index in [4.69, 9.17) is 17.3 Å². The molecule has 0 bridgehead atoms. The van der Waals surface area contributed by atoms with Crippen LogP contribution in [0.25, 0.3) is 11.1 Å². The van der Waals surface area contributed by atoms with Gasteiger partial charge in [-0.2, -0.15) is 0 Å². The van der Waals surface area contributed by atoms with Gasteiger partial charge in [-0.3, -0.25) is 9.59 Å². The van der Waals surface area contributed by atoms with E-state index in [0.717, 1.165) is 25.8 Å². The number of halogens is 2. The van der Waals surface area contributed by atoms with Crippen molar-refractivity contribution in [1.29, 1.82) is 0 Å². The average Bonchev–Trinajstić information content (AvgIpc) is 2.90. The second kappa shape index (κ2) is 7.50. The lowest BCUT2D eigenvalue weighted by Gasteiger charge is -2.17. The van der Waals surface area contributed by atoms with E-state index in [1.165, 1.54) is 12.0 Å². The van der Waals surface area contributed by atoms with Gasteiger partial charge in [0.05, 0.1) is 7.11 Å². The molecule has 0 aliphatic carbocycles. The Morgan fingerprint density at radius 2 is 2.19 bits per heavy atom. The molecule has 2 heterocycles. The summed E-state index contributed by atoms with van der Waals surface area (Å²) < 4.78 is 5.64. The lowest BCUT2D eigenvalue weighted by Crippen LogP contribution is -2.31. The van der Waals surface area contributed by atoms with Crippen LogP contribution in [0.15, 0.2) is 18.2 Å². The van der Waals surface area contributed by atoms with Crippen molar-refractivity contribution in [2.75, 3.05) is 13.7 Å². The van der Waals surface area contributed by atoms with Gasteiger partial charge in [0.15, 0.2) is 0 Å². The number of carbonyl (C=O) groups excluding carboxylic acids is 2. The summed E-state index contributed by atoms with van der Waals surface area (Å²) in [5, 5.41) is 0.637. The Bertz CT molecular complexity index is 917. The normalized spacial score (nSPS) is 13.1. The molecule has 2 aromatic rings. The highest BCUT2D eigenvalue weighted by molar-refractivity contribution is 14.1. The van der Waals surface area contributed by atoms with Crippen LogP contribution in [0.5, 0.6) is 0 Å². The molecule has 0 radical (unpaired) electrons. The van der Waals surface area contributed by atoms with Crippen LogP contribution in [-0.4, -0.2) is 35.4 Å². The molecule has 1 aliphatic rings. The third-order valence-electron chi connectivity index (χ3n) is 4.40. The summed E-state index contributed by atoms with van der Waals surface area (Å²) in [4.78, 5) is 30.3. The van der Waals surface area contributed by atoms with E-state index >= 15 is 0 Å². The van der Waals surface area contributed by atoms with Crippen molar-refractivity contribution in [2.24, 2.45) is 5.73 Å². The number of methoxy groups -OCH3 is 1. The summed E-state index contributed by atoms with van der Waals surface area (Å²) in [7, 11) is 1.30. The maximum absolute atomic E-state index is 12.7. The number of aromatic nitrogens is 1. The first kappa shape index (κ1) is 19.1. The molecule has 0 spiro atoms. The second-order valence-corrected chi connectivity index (χ2v) is 7.54. The maximum atomic E-state index is 12.7. The Morgan fingerprint density at radius 3 is 2.81 bits per heavy atom. The van der Waals surface area contributed by atoms with Gasteiger partial charge >= 0.3 is 5.97 Å². The summed E-state index contributed by atoms with van der Waals surface area (Å²) in [5.41, 5.74) is 10.6. The number of fused-ring (bicyclic) bond motifs is 1. The Hall–Kier alpha value is -1.71. The van der Waals surface area contributed by atoms with Crippen LogP contribution in [-0.2, 0) is 22.6 Å². The quantitative estimate of drug-likeness (QED) is 0.532. The molecule has 1 amide bonds. The van der Waals surface area contributed by atoms with Crippen LogP contribution < -0.4 is 5.73 Å². The maximum Gasteiger partial charge on any atom is 0.325 e. The van der Waals surface area contributed by atoms with Crippen LogP contribution in [0.2, 0.25) is 5.02 Å². The summed E-state index contributed by atoms with van der Waals surface area (Å²) in [5.74, 6) is -0.744. The first-order chi connectivity index (χ1) is 12.4. The lowest BCUT2D eigenvalue weighted by atomic mass is 9.93. The predicted octanol–water partition coefficient (Wildman–Crippen LogP) is 2.90. The number of rotatable bonds is 4. The minimum absolute atomic E-state index is 0.111. The minimum Gasteiger partial charge on any atom is -0.468 e. The Balaban J connectivity index is 2.19. The smallest absolute Gasteiger partial charge is 0.325 e. The largest absolute Gasteiger partial charge is 0.468 e. The van der Waals surface area contributed by atoms with Gasteiger partial charge in [-0.25, -0.2) is 4.98 Å². The van der Waals surface area contributed by atoms with Gasteiger partial charge < -0.3 is 15.4 Å². The third kappa shape index (κ3) is 3.30. The number of nitrogens with zero attached hydrogens (tertiary/aromatic N) is 2.